The van der Waals surface area contributed by atoms with Crippen LogP contribution in [0, 0.1) is 0 Å². The van der Waals surface area contributed by atoms with Crippen molar-refractivity contribution in [3.8, 4) is 0 Å². The van der Waals surface area contributed by atoms with Gasteiger partial charge in [0, 0.05) is 18.1 Å². The molecule has 16 heavy (non-hydrogen) atoms. The molecule has 0 radical (unpaired) electrons. The van der Waals surface area contributed by atoms with Gasteiger partial charge in [0.15, 0.2) is 0 Å². The molecule has 0 saturated carbocycles. The van der Waals surface area contributed by atoms with E-state index in [-0.39, 0.29) is 12.5 Å². The third-order valence-electron chi connectivity index (χ3n) is 1.87. The summed E-state index contributed by atoms with van der Waals surface area (Å²) in [5.74, 6) is -0.159. The molecule has 0 heterocycles. The Morgan fingerprint density at radius 1 is 1.50 bits per heavy atom. The van der Waals surface area contributed by atoms with Crippen LogP contribution >= 0.6 is 11.6 Å². The molecular formula is C11H15ClN2O2. The number of nitrogens with two attached hydrogens (primary N) is 1. The molecule has 0 aromatic heterocycles. The van der Waals surface area contributed by atoms with Gasteiger partial charge in [0.1, 0.15) is 6.61 Å². The quantitative estimate of drug-likeness (QED) is 0.730. The molecule has 0 spiro atoms. The molecule has 0 saturated heterocycles. The standard InChI is InChI=1S/C11H15ClN2O2/c12-10-3-1-2-9(6-10)7-14-11(15)8-16-5-4-13/h1-3,6H,4-5,7-8,13H2,(H,14,15). The van der Waals surface area contributed by atoms with Crippen LogP contribution in [0.4, 0.5) is 0 Å². The van der Waals surface area contributed by atoms with Crippen molar-refractivity contribution >= 4 is 17.5 Å². The lowest BCUT2D eigenvalue weighted by Crippen LogP contribution is -2.28. The molecule has 0 aliphatic carbocycles. The molecule has 4 nitrogen and oxygen atoms in total. The predicted octanol–water partition coefficient (Wildman–Crippen LogP) is 0.932. The highest BCUT2D eigenvalue weighted by Gasteiger charge is 2.01. The van der Waals surface area contributed by atoms with Crippen molar-refractivity contribution in [3.05, 3.63) is 34.9 Å². The van der Waals surface area contributed by atoms with Crippen LogP contribution in [0.25, 0.3) is 0 Å². The first-order chi connectivity index (χ1) is 7.72. The molecular weight excluding hydrogens is 228 g/mol. The first-order valence-electron chi connectivity index (χ1n) is 5.01. The highest BCUT2D eigenvalue weighted by molar-refractivity contribution is 6.30. The molecule has 0 bridgehead atoms. The van der Waals surface area contributed by atoms with Gasteiger partial charge in [-0.1, -0.05) is 23.7 Å². The van der Waals surface area contributed by atoms with Crippen LogP contribution in [-0.4, -0.2) is 25.7 Å². The number of rotatable bonds is 6. The van der Waals surface area contributed by atoms with E-state index in [1.165, 1.54) is 0 Å². The number of ether oxygens (including phenoxy) is 1. The highest BCUT2D eigenvalue weighted by Crippen LogP contribution is 2.09. The second-order valence-electron chi connectivity index (χ2n) is 3.25. The van der Waals surface area contributed by atoms with Crippen molar-refractivity contribution < 1.29 is 9.53 Å². The van der Waals surface area contributed by atoms with E-state index < -0.39 is 0 Å². The van der Waals surface area contributed by atoms with Crippen LogP contribution < -0.4 is 11.1 Å². The Hall–Kier alpha value is -1.10. The number of nitrogens with one attached hydrogen (secondary N) is 1. The van der Waals surface area contributed by atoms with Crippen molar-refractivity contribution in [3.63, 3.8) is 0 Å². The molecule has 1 aromatic carbocycles. The summed E-state index contributed by atoms with van der Waals surface area (Å²) in [7, 11) is 0. The van der Waals surface area contributed by atoms with E-state index in [4.69, 9.17) is 22.1 Å². The third kappa shape index (κ3) is 5.11. The zero-order valence-electron chi connectivity index (χ0n) is 8.91. The molecule has 1 rings (SSSR count). The summed E-state index contributed by atoms with van der Waals surface area (Å²) in [4.78, 5) is 11.3. The van der Waals surface area contributed by atoms with Gasteiger partial charge in [0.25, 0.3) is 0 Å². The zero-order valence-corrected chi connectivity index (χ0v) is 9.67. The van der Waals surface area contributed by atoms with Gasteiger partial charge in [-0.05, 0) is 17.7 Å². The number of carbonyl (C=O) groups is 1. The summed E-state index contributed by atoms with van der Waals surface area (Å²) < 4.78 is 4.99. The van der Waals surface area contributed by atoms with Gasteiger partial charge in [-0.15, -0.1) is 0 Å². The van der Waals surface area contributed by atoms with E-state index in [9.17, 15) is 4.79 Å². The Balaban J connectivity index is 2.26. The maximum atomic E-state index is 11.3. The maximum absolute atomic E-state index is 11.3. The summed E-state index contributed by atoms with van der Waals surface area (Å²) in [5.41, 5.74) is 6.18. The highest BCUT2D eigenvalue weighted by atomic mass is 35.5. The van der Waals surface area contributed by atoms with Crippen molar-refractivity contribution in [2.24, 2.45) is 5.73 Å². The molecule has 1 aromatic rings. The van der Waals surface area contributed by atoms with E-state index in [1.807, 2.05) is 18.2 Å². The average molecular weight is 243 g/mol. The van der Waals surface area contributed by atoms with Crippen LogP contribution in [-0.2, 0) is 16.1 Å². The largest absolute Gasteiger partial charge is 0.370 e. The summed E-state index contributed by atoms with van der Waals surface area (Å²) in [6, 6.07) is 7.33. The van der Waals surface area contributed by atoms with Crippen molar-refractivity contribution in [1.82, 2.24) is 5.32 Å². The lowest BCUT2D eigenvalue weighted by Gasteiger charge is -2.06. The summed E-state index contributed by atoms with van der Waals surface area (Å²) >= 11 is 5.81. The van der Waals surface area contributed by atoms with Crippen molar-refractivity contribution in [1.29, 1.82) is 0 Å². The minimum absolute atomic E-state index is 0.0395. The fraction of sp³-hybridized carbons (Fsp3) is 0.364. The number of amides is 1. The summed E-state index contributed by atoms with van der Waals surface area (Å²) in [6.45, 7) is 1.30. The van der Waals surface area contributed by atoms with E-state index in [2.05, 4.69) is 5.32 Å². The Bertz CT molecular complexity index is 345. The van der Waals surface area contributed by atoms with Crippen LogP contribution in [0.5, 0.6) is 0 Å². The molecule has 5 heteroatoms. The van der Waals surface area contributed by atoms with Gasteiger partial charge >= 0.3 is 0 Å². The van der Waals surface area contributed by atoms with E-state index in [0.29, 0.717) is 24.7 Å². The molecule has 0 aliphatic heterocycles. The molecule has 0 unspecified atom stereocenters. The average Bonchev–Trinajstić information content (AvgIpc) is 2.27. The molecule has 0 fully saturated rings. The molecule has 88 valence electrons. The Morgan fingerprint density at radius 2 is 2.31 bits per heavy atom. The first-order valence-corrected chi connectivity index (χ1v) is 5.39. The number of hydrogen-bond acceptors (Lipinski definition) is 3. The normalized spacial score (nSPS) is 10.1. The molecule has 0 atom stereocenters. The third-order valence-corrected chi connectivity index (χ3v) is 2.11. The van der Waals surface area contributed by atoms with Gasteiger partial charge in [0.2, 0.25) is 5.91 Å². The van der Waals surface area contributed by atoms with E-state index >= 15 is 0 Å². The molecule has 0 aliphatic rings. The predicted molar refractivity (Wildman–Crippen MR) is 63.2 cm³/mol. The second kappa shape index (κ2) is 7.22. The van der Waals surface area contributed by atoms with Gasteiger partial charge in [-0.3, -0.25) is 4.79 Å². The number of carbonyl (C=O) groups excluding carboxylic acids is 1. The number of benzene rings is 1. The minimum Gasteiger partial charge on any atom is -0.370 e. The minimum atomic E-state index is -0.159. The first kappa shape index (κ1) is 13.0. The topological polar surface area (TPSA) is 64.3 Å². The summed E-state index contributed by atoms with van der Waals surface area (Å²) in [6.07, 6.45) is 0. The van der Waals surface area contributed by atoms with Gasteiger partial charge < -0.3 is 15.8 Å². The van der Waals surface area contributed by atoms with Gasteiger partial charge in [0.05, 0.1) is 6.61 Å². The van der Waals surface area contributed by atoms with Gasteiger partial charge in [-0.2, -0.15) is 0 Å². The second-order valence-corrected chi connectivity index (χ2v) is 3.68. The number of halogens is 1. The van der Waals surface area contributed by atoms with Gasteiger partial charge in [-0.25, -0.2) is 0 Å². The van der Waals surface area contributed by atoms with E-state index in [1.54, 1.807) is 6.07 Å². The van der Waals surface area contributed by atoms with Crippen LogP contribution in [0.15, 0.2) is 24.3 Å². The van der Waals surface area contributed by atoms with Crippen molar-refractivity contribution in [2.75, 3.05) is 19.8 Å². The fourth-order valence-electron chi connectivity index (χ4n) is 1.15. The monoisotopic (exact) mass is 242 g/mol. The Labute approximate surface area is 99.7 Å². The Morgan fingerprint density at radius 3 is 3.00 bits per heavy atom. The summed E-state index contributed by atoms with van der Waals surface area (Å²) in [5, 5.41) is 3.38. The smallest absolute Gasteiger partial charge is 0.246 e. The lowest BCUT2D eigenvalue weighted by molar-refractivity contribution is -0.125. The maximum Gasteiger partial charge on any atom is 0.246 e. The van der Waals surface area contributed by atoms with Crippen LogP contribution in [0.3, 0.4) is 0 Å². The lowest BCUT2D eigenvalue weighted by atomic mass is 10.2. The van der Waals surface area contributed by atoms with Crippen LogP contribution in [0.2, 0.25) is 5.02 Å². The molecule has 3 N–H and O–H groups in total. The van der Waals surface area contributed by atoms with E-state index in [0.717, 1.165) is 5.56 Å². The fourth-order valence-corrected chi connectivity index (χ4v) is 1.36. The Kier molecular flexibility index (Phi) is 5.85. The zero-order chi connectivity index (χ0) is 11.8. The SMILES string of the molecule is NCCOCC(=O)NCc1cccc(Cl)c1. The van der Waals surface area contributed by atoms with Crippen molar-refractivity contribution in [2.45, 2.75) is 6.54 Å². The van der Waals surface area contributed by atoms with Crippen LogP contribution in [0.1, 0.15) is 5.56 Å². The molecule has 1 amide bonds. The number of hydrogen-bond donors (Lipinski definition) is 2.